The average molecular weight is 1670 g/mol. The Morgan fingerprint density at radius 3 is 0.443 bits per heavy atom. The van der Waals surface area contributed by atoms with Gasteiger partial charge in [0.05, 0.1) is 0 Å². The Morgan fingerprint density at radius 1 is 0.191 bits per heavy atom. The van der Waals surface area contributed by atoms with E-state index < -0.39 is 0 Å². The van der Waals surface area contributed by atoms with Crippen LogP contribution in [-0.2, 0) is 0 Å². The summed E-state index contributed by atoms with van der Waals surface area (Å²) in [5.74, 6) is 14.9. The molecule has 0 N–H and O–H groups in total. The third kappa shape index (κ3) is 31.5. The topological polar surface area (TPSA) is 0 Å². The molecule has 635 valence electrons. The lowest BCUT2D eigenvalue weighted by atomic mass is 9.70. The van der Waals surface area contributed by atoms with Crippen molar-refractivity contribution in [3.05, 3.63) is 180 Å². The van der Waals surface area contributed by atoms with Crippen molar-refractivity contribution in [2.75, 3.05) is 0 Å². The predicted octanol–water partition coefficient (Wildman–Crippen LogP) is 35.9. The Morgan fingerprint density at radius 2 is 0.330 bits per heavy atom. The first-order valence-electron chi connectivity index (χ1n) is 46.1. The molecule has 10 heteroatoms. The number of rotatable bonds is 20. The molecule has 5 fully saturated rings. The monoisotopic (exact) mass is 1670 g/mol. The van der Waals surface area contributed by atoms with Gasteiger partial charge in [0.1, 0.15) is 0 Å². The van der Waals surface area contributed by atoms with Gasteiger partial charge in [-0.05, 0) is 366 Å². The molecule has 0 saturated heterocycles. The zero-order valence-corrected chi connectivity index (χ0v) is 75.6. The lowest BCUT2D eigenvalue weighted by Crippen LogP contribution is -2.23. The van der Waals surface area contributed by atoms with Gasteiger partial charge in [-0.1, -0.05) is 317 Å². The van der Waals surface area contributed by atoms with Gasteiger partial charge in [-0.15, -0.1) is 0 Å². The molecule has 10 aliphatic carbocycles. The van der Waals surface area contributed by atoms with Crippen LogP contribution in [0.4, 0.5) is 23.5 Å². The second kappa shape index (κ2) is 53.3. The number of allylic oxidation sites excluding steroid dienone is 10. The fraction of sp³-hybridized carbons (Fsp3) is 0.619. The van der Waals surface area contributed by atoms with Crippen molar-refractivity contribution < 1.29 is 23.5 Å². The number of hydrogen-bond acceptors (Lipinski definition) is 0. The third-order valence-electron chi connectivity index (χ3n) is 29.7. The van der Waals surface area contributed by atoms with Crippen LogP contribution in [0.1, 0.15) is 351 Å². The lowest BCUT2D eigenvalue weighted by molar-refractivity contribution is 0.189. The van der Waals surface area contributed by atoms with Crippen molar-refractivity contribution in [3.63, 3.8) is 0 Å². The lowest BCUT2D eigenvalue weighted by Gasteiger charge is -2.35. The fourth-order valence-electron chi connectivity index (χ4n) is 22.9. The molecule has 0 amide bonds. The van der Waals surface area contributed by atoms with Crippen molar-refractivity contribution in [3.8, 4) is 0 Å². The highest BCUT2D eigenvalue weighted by Gasteiger charge is 2.34. The van der Waals surface area contributed by atoms with Crippen LogP contribution >= 0.6 is 63.1 Å². The van der Waals surface area contributed by atoms with Gasteiger partial charge in [-0.25, -0.2) is 0 Å². The van der Waals surface area contributed by atoms with E-state index in [2.05, 4.69) is 186 Å². The molecule has 15 rings (SSSR count). The Balaban J connectivity index is 0.000000221. The minimum absolute atomic E-state index is 0. The third-order valence-corrected chi connectivity index (χ3v) is 31.0. The minimum Gasteiger partial charge on any atom is -0.269 e. The zero-order valence-electron chi connectivity index (χ0n) is 71.5. The van der Waals surface area contributed by atoms with Gasteiger partial charge in [0.2, 0.25) is 0 Å². The maximum absolute atomic E-state index is 5.19. The molecule has 0 nitrogen and oxygen atoms in total. The van der Waals surface area contributed by atoms with E-state index in [0.29, 0.717) is 0 Å². The smallest absolute Gasteiger partial charge is 0.0377 e. The molecule has 5 aromatic rings. The van der Waals surface area contributed by atoms with Gasteiger partial charge < -0.3 is 0 Å². The van der Waals surface area contributed by atoms with Gasteiger partial charge >= 0.3 is 0 Å². The van der Waals surface area contributed by atoms with Gasteiger partial charge in [-0.3, -0.25) is 23.5 Å². The predicted molar refractivity (Wildman–Crippen MR) is 502 cm³/mol. The van der Waals surface area contributed by atoms with Gasteiger partial charge in [0.25, 0.3) is 0 Å². The molecule has 10 aliphatic rings. The molecule has 5 atom stereocenters. The van der Waals surface area contributed by atoms with Crippen molar-refractivity contribution in [2.45, 2.75) is 348 Å². The SMILES string of the molecule is CCC[C@H]1CC[C@H](C2CC=C(c3ccc([S])cc3)CC2)CC1.CCC[C@H]1CC[C@H](C2CC=C(c3ccc([S])cc3)CC2)CC1.CCC[C@H]1CC[C@H](C2CC=C(c3ccc([S])cc3)CC2)CC1.CCC[C@H]1CC[C@H](C2CC=C(c3ccc([S])cc3)CC2)CC1.CCC[C@H]1CC[C@H](C2CC=C(c3ccc([S])cc3)CC2)CC1.F.F.F.F.F. The van der Waals surface area contributed by atoms with Crippen molar-refractivity contribution in [1.82, 2.24) is 0 Å². The summed E-state index contributed by atoms with van der Waals surface area (Å²) >= 11 is 25.9. The first kappa shape index (κ1) is 99.4. The van der Waals surface area contributed by atoms with E-state index in [0.717, 1.165) is 113 Å². The van der Waals surface area contributed by atoms with Crippen molar-refractivity contribution in [1.29, 1.82) is 0 Å². The van der Waals surface area contributed by atoms with E-state index >= 15 is 0 Å². The van der Waals surface area contributed by atoms with E-state index in [1.54, 1.807) is 27.9 Å². The molecule has 5 unspecified atom stereocenters. The number of hydrogen-bond donors (Lipinski definition) is 0. The van der Waals surface area contributed by atoms with Crippen LogP contribution in [0.2, 0.25) is 0 Å². The highest BCUT2D eigenvalue weighted by molar-refractivity contribution is 7.81. The van der Waals surface area contributed by atoms with Gasteiger partial charge in [-0.2, -0.15) is 0 Å². The fourth-order valence-corrected chi connectivity index (χ4v) is 23.5. The van der Waals surface area contributed by atoms with E-state index in [1.807, 2.05) is 0 Å². The summed E-state index contributed by atoms with van der Waals surface area (Å²) in [4.78, 5) is 4.73. The van der Waals surface area contributed by atoms with Crippen LogP contribution in [0.3, 0.4) is 0 Å². The molecule has 5 radical (unpaired) electrons. The summed E-state index contributed by atoms with van der Waals surface area (Å²) in [5.41, 5.74) is 14.7. The number of benzene rings is 5. The van der Waals surface area contributed by atoms with Gasteiger partial charge in [0, 0.05) is 24.5 Å². The molecular weight excluding hydrogens is 1520 g/mol. The van der Waals surface area contributed by atoms with Crippen LogP contribution in [0.15, 0.2) is 176 Å². The Labute approximate surface area is 725 Å². The van der Waals surface area contributed by atoms with E-state index in [9.17, 15) is 0 Å². The summed E-state index contributed by atoms with van der Waals surface area (Å²) in [6.45, 7) is 11.7. The molecule has 0 spiro atoms. The number of halogens is 5. The van der Waals surface area contributed by atoms with Crippen LogP contribution in [0.25, 0.3) is 27.9 Å². The summed E-state index contributed by atoms with van der Waals surface area (Å²) < 4.78 is 0. The van der Waals surface area contributed by atoms with Crippen LogP contribution in [-0.4, -0.2) is 0 Å². The summed E-state index contributed by atoms with van der Waals surface area (Å²) in [6.07, 6.45) is 76.3. The normalized spacial score (nSPS) is 27.9. The molecule has 0 heterocycles. The van der Waals surface area contributed by atoms with Crippen LogP contribution < -0.4 is 0 Å². The molecule has 5 saturated carbocycles. The Hall–Kier alpha value is -4.45. The highest BCUT2D eigenvalue weighted by Crippen LogP contribution is 2.48. The largest absolute Gasteiger partial charge is 0.269 e. The van der Waals surface area contributed by atoms with Crippen LogP contribution in [0.5, 0.6) is 0 Å². The molecule has 0 aliphatic heterocycles. The van der Waals surface area contributed by atoms with Crippen molar-refractivity contribution >= 4 is 91.0 Å². The van der Waals surface area contributed by atoms with E-state index in [4.69, 9.17) is 63.1 Å². The Bertz CT molecular complexity index is 3040. The first-order chi connectivity index (χ1) is 53.8. The van der Waals surface area contributed by atoms with E-state index in [1.165, 1.54) is 317 Å². The summed E-state index contributed by atoms with van der Waals surface area (Å²) in [6, 6.07) is 42.6. The average Bonchev–Trinajstić information content (AvgIpc) is 0.854. The van der Waals surface area contributed by atoms with Gasteiger partial charge in [0.15, 0.2) is 0 Å². The highest BCUT2D eigenvalue weighted by atomic mass is 32.1. The second-order valence-corrected chi connectivity index (χ2v) is 39.1. The molecule has 5 aromatic carbocycles. The van der Waals surface area contributed by atoms with Crippen molar-refractivity contribution in [2.24, 2.45) is 88.8 Å². The standard InChI is InChI=1S/5C21H29S.5FH/c5*1-2-3-16-4-6-17(7-5-16)18-8-10-19(11-9-18)20-12-14-21(22)15-13-20;;;;;/h5*10,12-18H,2-9,11H2,1H3;5*1H/t5*16-,17-,18?;;;;;. The first-order valence-corrected chi connectivity index (χ1v) is 48.2. The summed E-state index contributed by atoms with van der Waals surface area (Å²) in [7, 11) is 0. The summed E-state index contributed by atoms with van der Waals surface area (Å²) in [5, 5.41) is 0. The van der Waals surface area contributed by atoms with Crippen LogP contribution in [0, 0.1) is 88.8 Å². The molecule has 0 aromatic heterocycles. The second-order valence-electron chi connectivity index (χ2n) is 36.8. The minimum atomic E-state index is 0. The molecule has 0 bridgehead atoms. The maximum Gasteiger partial charge on any atom is 0.0377 e. The zero-order chi connectivity index (χ0) is 76.8. The Kier molecular flexibility index (Phi) is 46.1. The molecule has 115 heavy (non-hydrogen) atoms. The quantitative estimate of drug-likeness (QED) is 0.0682. The maximum atomic E-state index is 5.19. The molecular formula is C105H150F5S5. The van der Waals surface area contributed by atoms with E-state index in [-0.39, 0.29) is 23.5 Å².